The largest absolute Gasteiger partial charge is 0.379 e. The Labute approximate surface area is 123 Å². The molecule has 118 valence electrons. The van der Waals surface area contributed by atoms with Crippen LogP contribution in [0.2, 0.25) is 0 Å². The van der Waals surface area contributed by atoms with Gasteiger partial charge in [-0.15, -0.1) is 5.10 Å². The summed E-state index contributed by atoms with van der Waals surface area (Å²) in [4.78, 5) is 17.4. The number of morpholine rings is 1. The Kier molecular flexibility index (Phi) is 4.91. The standard InChI is InChI=1S/C11H19N5O4S/c1-3-14(4-2)11(17)16-9-12-10(13-16)21(18,19)15-5-7-20-8-6-15/h9H,3-8H2,1-2H3. The van der Waals surface area contributed by atoms with Crippen molar-refractivity contribution >= 4 is 16.1 Å². The average molecular weight is 317 g/mol. The Bertz CT molecular complexity index is 590. The molecule has 1 fully saturated rings. The first-order valence-electron chi connectivity index (χ1n) is 6.79. The van der Waals surface area contributed by atoms with Gasteiger partial charge in [-0.1, -0.05) is 0 Å². The molecule has 10 heteroatoms. The van der Waals surface area contributed by atoms with Crippen LogP contribution in [0, 0.1) is 0 Å². The fraction of sp³-hybridized carbons (Fsp3) is 0.727. The second-order valence-corrected chi connectivity index (χ2v) is 6.27. The van der Waals surface area contributed by atoms with Crippen LogP contribution in [-0.2, 0) is 14.8 Å². The quantitative estimate of drug-likeness (QED) is 0.750. The van der Waals surface area contributed by atoms with E-state index in [1.165, 1.54) is 9.21 Å². The molecule has 1 aromatic rings. The summed E-state index contributed by atoms with van der Waals surface area (Å²) in [5, 5.41) is 3.46. The highest BCUT2D eigenvalue weighted by atomic mass is 32.2. The van der Waals surface area contributed by atoms with E-state index in [4.69, 9.17) is 4.74 Å². The lowest BCUT2D eigenvalue weighted by Gasteiger charge is -2.24. The lowest BCUT2D eigenvalue weighted by molar-refractivity contribution is 0.0728. The van der Waals surface area contributed by atoms with Gasteiger partial charge in [-0.05, 0) is 13.8 Å². The van der Waals surface area contributed by atoms with Gasteiger partial charge in [0.1, 0.15) is 6.33 Å². The molecule has 2 heterocycles. The number of ether oxygens (including phenoxy) is 1. The number of sulfonamides is 1. The van der Waals surface area contributed by atoms with Crippen LogP contribution in [-0.4, -0.2) is 77.8 Å². The Hall–Kier alpha value is -1.52. The summed E-state index contributed by atoms with van der Waals surface area (Å²) in [7, 11) is -3.77. The van der Waals surface area contributed by atoms with E-state index in [1.54, 1.807) is 0 Å². The smallest absolute Gasteiger partial charge is 0.346 e. The lowest BCUT2D eigenvalue weighted by atomic mass is 10.5. The van der Waals surface area contributed by atoms with Gasteiger partial charge < -0.3 is 9.64 Å². The number of rotatable bonds is 4. The van der Waals surface area contributed by atoms with Crippen LogP contribution in [0.1, 0.15) is 13.8 Å². The molecule has 1 aromatic heterocycles. The van der Waals surface area contributed by atoms with Gasteiger partial charge in [-0.3, -0.25) is 0 Å². The van der Waals surface area contributed by atoms with E-state index in [-0.39, 0.29) is 18.2 Å². The maximum absolute atomic E-state index is 12.3. The molecule has 0 aliphatic carbocycles. The molecule has 0 atom stereocenters. The monoisotopic (exact) mass is 317 g/mol. The summed E-state index contributed by atoms with van der Waals surface area (Å²) in [5.41, 5.74) is 0. The minimum Gasteiger partial charge on any atom is -0.379 e. The summed E-state index contributed by atoms with van der Waals surface area (Å²) >= 11 is 0. The highest BCUT2D eigenvalue weighted by molar-refractivity contribution is 7.88. The predicted octanol–water partition coefficient (Wildman–Crippen LogP) is -0.391. The van der Waals surface area contributed by atoms with E-state index >= 15 is 0 Å². The van der Waals surface area contributed by atoms with Crippen molar-refractivity contribution in [2.24, 2.45) is 0 Å². The van der Waals surface area contributed by atoms with Gasteiger partial charge in [0.15, 0.2) is 0 Å². The molecule has 0 spiro atoms. The van der Waals surface area contributed by atoms with Crippen LogP contribution in [0.3, 0.4) is 0 Å². The lowest BCUT2D eigenvalue weighted by Crippen LogP contribution is -2.41. The number of carbonyl (C=O) groups excluding carboxylic acids is 1. The summed E-state index contributed by atoms with van der Waals surface area (Å²) in [5.74, 6) is 0. The molecule has 1 aliphatic rings. The number of nitrogens with zero attached hydrogens (tertiary/aromatic N) is 5. The van der Waals surface area contributed by atoms with E-state index in [2.05, 4.69) is 10.1 Å². The van der Waals surface area contributed by atoms with Crippen molar-refractivity contribution in [3.63, 3.8) is 0 Å². The first-order chi connectivity index (χ1) is 10.0. The van der Waals surface area contributed by atoms with Gasteiger partial charge in [-0.2, -0.15) is 8.99 Å². The second-order valence-electron chi connectivity index (χ2n) is 4.44. The van der Waals surface area contributed by atoms with Crippen molar-refractivity contribution in [2.75, 3.05) is 39.4 Å². The molecule has 21 heavy (non-hydrogen) atoms. The fourth-order valence-corrected chi connectivity index (χ4v) is 3.23. The molecule has 1 amide bonds. The number of amides is 1. The van der Waals surface area contributed by atoms with Crippen LogP contribution in [0.4, 0.5) is 4.79 Å². The minimum absolute atomic E-state index is 0.265. The van der Waals surface area contributed by atoms with Gasteiger partial charge >= 0.3 is 6.03 Å². The van der Waals surface area contributed by atoms with Gasteiger partial charge in [-0.25, -0.2) is 18.2 Å². The molecule has 0 aromatic carbocycles. The first kappa shape index (κ1) is 15.9. The van der Waals surface area contributed by atoms with Crippen molar-refractivity contribution in [1.82, 2.24) is 24.0 Å². The Morgan fingerprint density at radius 1 is 1.33 bits per heavy atom. The van der Waals surface area contributed by atoms with Crippen LogP contribution in [0.25, 0.3) is 0 Å². The second kappa shape index (κ2) is 6.50. The average Bonchev–Trinajstić information content (AvgIpc) is 3.00. The van der Waals surface area contributed by atoms with Gasteiger partial charge in [0.25, 0.3) is 15.2 Å². The molecule has 0 N–H and O–H groups in total. The Balaban J connectivity index is 2.20. The molecule has 0 radical (unpaired) electrons. The van der Waals surface area contributed by atoms with Crippen molar-refractivity contribution in [3.8, 4) is 0 Å². The molecular formula is C11H19N5O4S. The number of carbonyl (C=O) groups is 1. The predicted molar refractivity (Wildman–Crippen MR) is 73.3 cm³/mol. The molecule has 9 nitrogen and oxygen atoms in total. The molecule has 1 saturated heterocycles. The molecule has 0 bridgehead atoms. The number of hydrogen-bond donors (Lipinski definition) is 0. The third-order valence-corrected chi connectivity index (χ3v) is 4.93. The molecule has 2 rings (SSSR count). The highest BCUT2D eigenvalue weighted by Gasteiger charge is 2.30. The fourth-order valence-electron chi connectivity index (χ4n) is 2.00. The third-order valence-electron chi connectivity index (χ3n) is 3.24. The summed E-state index contributed by atoms with van der Waals surface area (Å²) in [6, 6.07) is -0.393. The van der Waals surface area contributed by atoms with Crippen molar-refractivity contribution in [3.05, 3.63) is 6.33 Å². The van der Waals surface area contributed by atoms with E-state index in [1.807, 2.05) is 13.8 Å². The van der Waals surface area contributed by atoms with Crippen LogP contribution < -0.4 is 0 Å². The van der Waals surface area contributed by atoms with Gasteiger partial charge in [0.05, 0.1) is 13.2 Å². The van der Waals surface area contributed by atoms with Crippen LogP contribution in [0.15, 0.2) is 11.5 Å². The maximum Gasteiger partial charge on any atom is 0.346 e. The van der Waals surface area contributed by atoms with E-state index in [9.17, 15) is 13.2 Å². The van der Waals surface area contributed by atoms with Crippen molar-refractivity contribution < 1.29 is 17.9 Å². The van der Waals surface area contributed by atoms with E-state index in [0.717, 1.165) is 11.0 Å². The SMILES string of the molecule is CCN(CC)C(=O)n1cnc(S(=O)(=O)N2CCOCC2)n1. The molecule has 0 unspecified atom stereocenters. The Morgan fingerprint density at radius 3 is 2.52 bits per heavy atom. The topological polar surface area (TPSA) is 97.6 Å². The summed E-state index contributed by atoms with van der Waals surface area (Å²) in [6.45, 7) is 5.92. The van der Waals surface area contributed by atoms with E-state index < -0.39 is 16.1 Å². The first-order valence-corrected chi connectivity index (χ1v) is 8.23. The van der Waals surface area contributed by atoms with E-state index in [0.29, 0.717) is 26.3 Å². The van der Waals surface area contributed by atoms with Crippen LogP contribution in [0.5, 0.6) is 0 Å². The van der Waals surface area contributed by atoms with Crippen LogP contribution >= 0.6 is 0 Å². The Morgan fingerprint density at radius 2 is 1.95 bits per heavy atom. The molecular weight excluding hydrogens is 298 g/mol. The number of aromatic nitrogens is 3. The van der Waals surface area contributed by atoms with Gasteiger partial charge in [0, 0.05) is 26.2 Å². The normalized spacial score (nSPS) is 16.9. The summed E-state index contributed by atoms with van der Waals surface area (Å²) < 4.78 is 32.0. The van der Waals surface area contributed by atoms with Gasteiger partial charge in [0.2, 0.25) is 0 Å². The van der Waals surface area contributed by atoms with Crippen molar-refractivity contribution in [1.29, 1.82) is 0 Å². The zero-order valence-corrected chi connectivity index (χ0v) is 12.9. The maximum atomic E-state index is 12.3. The zero-order chi connectivity index (χ0) is 15.5. The minimum atomic E-state index is -3.77. The highest BCUT2D eigenvalue weighted by Crippen LogP contribution is 2.12. The third kappa shape index (κ3) is 3.22. The summed E-state index contributed by atoms with van der Waals surface area (Å²) in [6.07, 6.45) is 1.13. The molecule has 1 aliphatic heterocycles. The molecule has 0 saturated carbocycles. The zero-order valence-electron chi connectivity index (χ0n) is 12.1. The number of hydrogen-bond acceptors (Lipinski definition) is 6. The van der Waals surface area contributed by atoms with Crippen molar-refractivity contribution in [2.45, 2.75) is 19.0 Å².